The second kappa shape index (κ2) is 10.3. The molecule has 110 valence electrons. The first-order valence-electron chi connectivity index (χ1n) is 6.76. The largest absolute Gasteiger partial charge is 0.347 e. The molecule has 0 bridgehead atoms. The van der Waals surface area contributed by atoms with Crippen molar-refractivity contribution >= 4 is 29.3 Å². The van der Waals surface area contributed by atoms with Gasteiger partial charge in [0, 0.05) is 18.4 Å². The number of nitrogens with zero attached hydrogens (tertiary/aromatic N) is 1. The summed E-state index contributed by atoms with van der Waals surface area (Å²) in [5, 5.41) is 5.27. The molecular formula is C14H21N3O2S. The molecule has 0 aliphatic carbocycles. The van der Waals surface area contributed by atoms with Gasteiger partial charge in [-0.15, -0.1) is 0 Å². The van der Waals surface area contributed by atoms with Crippen LogP contribution in [0.4, 0.5) is 5.69 Å². The Balaban J connectivity index is 2.10. The lowest BCUT2D eigenvalue weighted by Gasteiger charge is -2.06. The highest BCUT2D eigenvalue weighted by molar-refractivity contribution is 7.99. The van der Waals surface area contributed by atoms with Crippen LogP contribution >= 0.6 is 11.8 Å². The van der Waals surface area contributed by atoms with E-state index in [1.807, 2.05) is 0 Å². The van der Waals surface area contributed by atoms with Crippen LogP contribution in [-0.2, 0) is 9.59 Å². The molecule has 0 fully saturated rings. The van der Waals surface area contributed by atoms with Gasteiger partial charge in [-0.3, -0.25) is 14.6 Å². The van der Waals surface area contributed by atoms with Crippen LogP contribution in [0.2, 0.25) is 0 Å². The minimum atomic E-state index is -0.245. The van der Waals surface area contributed by atoms with Gasteiger partial charge in [-0.05, 0) is 24.3 Å². The fraction of sp³-hybridized carbons (Fsp3) is 0.500. The van der Waals surface area contributed by atoms with Crippen LogP contribution in [0.15, 0.2) is 24.5 Å². The van der Waals surface area contributed by atoms with Gasteiger partial charge in [0.25, 0.3) is 0 Å². The standard InChI is InChI=1S/C14H21N3O2S/c1-2-3-8-20-9-6-13(18)16-11-14(19)17-12-5-4-7-15-10-12/h4-5,7,10H,2-3,6,8-9,11H2,1H3,(H,16,18)(H,17,19). The van der Waals surface area contributed by atoms with Gasteiger partial charge in [0.2, 0.25) is 11.8 Å². The van der Waals surface area contributed by atoms with Crippen molar-refractivity contribution in [2.24, 2.45) is 0 Å². The molecule has 0 spiro atoms. The Hall–Kier alpha value is -1.56. The van der Waals surface area contributed by atoms with Crippen molar-refractivity contribution in [1.29, 1.82) is 0 Å². The third kappa shape index (κ3) is 7.78. The van der Waals surface area contributed by atoms with Gasteiger partial charge >= 0.3 is 0 Å². The van der Waals surface area contributed by atoms with Crippen molar-refractivity contribution < 1.29 is 9.59 Å². The van der Waals surface area contributed by atoms with Gasteiger partial charge in [0.1, 0.15) is 0 Å². The zero-order valence-electron chi connectivity index (χ0n) is 11.7. The number of amides is 2. The molecule has 1 aromatic rings. The van der Waals surface area contributed by atoms with E-state index < -0.39 is 0 Å². The van der Waals surface area contributed by atoms with Crippen molar-refractivity contribution in [2.45, 2.75) is 26.2 Å². The lowest BCUT2D eigenvalue weighted by Crippen LogP contribution is -2.33. The monoisotopic (exact) mass is 295 g/mol. The van der Waals surface area contributed by atoms with Crippen molar-refractivity contribution in [3.8, 4) is 0 Å². The van der Waals surface area contributed by atoms with E-state index in [1.165, 1.54) is 12.8 Å². The summed E-state index contributed by atoms with van der Waals surface area (Å²) in [6.45, 7) is 2.14. The third-order valence-electron chi connectivity index (χ3n) is 2.51. The Morgan fingerprint density at radius 1 is 1.30 bits per heavy atom. The predicted molar refractivity (Wildman–Crippen MR) is 82.7 cm³/mol. The Morgan fingerprint density at radius 3 is 2.85 bits per heavy atom. The molecule has 0 saturated carbocycles. The average molecular weight is 295 g/mol. The molecular weight excluding hydrogens is 274 g/mol. The van der Waals surface area contributed by atoms with Crippen molar-refractivity contribution in [3.05, 3.63) is 24.5 Å². The highest BCUT2D eigenvalue weighted by atomic mass is 32.2. The summed E-state index contributed by atoms with van der Waals surface area (Å²) in [7, 11) is 0. The SMILES string of the molecule is CCCCSCCC(=O)NCC(=O)Nc1cccnc1. The number of thioether (sulfide) groups is 1. The maximum absolute atomic E-state index is 11.6. The van der Waals surface area contributed by atoms with E-state index in [0.29, 0.717) is 12.1 Å². The number of carbonyl (C=O) groups excluding carboxylic acids is 2. The number of rotatable bonds is 9. The molecule has 0 unspecified atom stereocenters. The number of pyridine rings is 1. The molecule has 0 aromatic carbocycles. The third-order valence-corrected chi connectivity index (χ3v) is 3.58. The highest BCUT2D eigenvalue weighted by Gasteiger charge is 2.05. The van der Waals surface area contributed by atoms with Crippen molar-refractivity contribution in [2.75, 3.05) is 23.4 Å². The molecule has 1 heterocycles. The summed E-state index contributed by atoms with van der Waals surface area (Å²) in [6.07, 6.45) is 6.00. The van der Waals surface area contributed by atoms with E-state index in [9.17, 15) is 9.59 Å². The zero-order chi connectivity index (χ0) is 14.6. The molecule has 0 aliphatic heterocycles. The summed E-state index contributed by atoms with van der Waals surface area (Å²) in [5.41, 5.74) is 0.627. The highest BCUT2D eigenvalue weighted by Crippen LogP contribution is 2.05. The molecule has 2 N–H and O–H groups in total. The van der Waals surface area contributed by atoms with Crippen LogP contribution in [-0.4, -0.2) is 34.8 Å². The Morgan fingerprint density at radius 2 is 2.15 bits per heavy atom. The summed E-state index contributed by atoms with van der Waals surface area (Å²) in [4.78, 5) is 27.0. The number of aromatic nitrogens is 1. The molecule has 20 heavy (non-hydrogen) atoms. The second-order valence-electron chi connectivity index (χ2n) is 4.28. The van der Waals surface area contributed by atoms with Crippen LogP contribution in [0.1, 0.15) is 26.2 Å². The van der Waals surface area contributed by atoms with Gasteiger partial charge in [0.05, 0.1) is 18.4 Å². The fourth-order valence-electron chi connectivity index (χ4n) is 1.42. The zero-order valence-corrected chi connectivity index (χ0v) is 12.5. The Labute approximate surface area is 123 Å². The normalized spacial score (nSPS) is 10.1. The van der Waals surface area contributed by atoms with E-state index in [2.05, 4.69) is 22.5 Å². The minimum absolute atomic E-state index is 0.00659. The second-order valence-corrected chi connectivity index (χ2v) is 5.51. The quantitative estimate of drug-likeness (QED) is 0.684. The number of unbranched alkanes of at least 4 members (excludes halogenated alkanes) is 1. The van der Waals surface area contributed by atoms with E-state index in [1.54, 1.807) is 36.3 Å². The number of anilines is 1. The molecule has 1 aromatic heterocycles. The molecule has 0 aliphatic rings. The molecule has 0 atom stereocenters. The summed E-state index contributed by atoms with van der Waals surface area (Å²) in [5.74, 6) is 1.56. The van der Waals surface area contributed by atoms with Crippen LogP contribution in [0.25, 0.3) is 0 Å². The van der Waals surface area contributed by atoms with E-state index in [0.717, 1.165) is 11.5 Å². The van der Waals surface area contributed by atoms with Crippen LogP contribution in [0.3, 0.4) is 0 Å². The van der Waals surface area contributed by atoms with E-state index in [-0.39, 0.29) is 18.4 Å². The van der Waals surface area contributed by atoms with Crippen molar-refractivity contribution in [3.63, 3.8) is 0 Å². The summed E-state index contributed by atoms with van der Waals surface area (Å²) in [6, 6.07) is 3.48. The molecule has 0 saturated heterocycles. The van der Waals surface area contributed by atoms with Gasteiger partial charge < -0.3 is 10.6 Å². The maximum atomic E-state index is 11.6. The molecule has 1 rings (SSSR count). The van der Waals surface area contributed by atoms with Crippen LogP contribution < -0.4 is 10.6 Å². The number of carbonyl (C=O) groups is 2. The smallest absolute Gasteiger partial charge is 0.243 e. The Kier molecular flexibility index (Phi) is 8.46. The van der Waals surface area contributed by atoms with Crippen LogP contribution in [0.5, 0.6) is 0 Å². The first-order chi connectivity index (χ1) is 9.72. The van der Waals surface area contributed by atoms with Crippen LogP contribution in [0, 0.1) is 0 Å². The summed E-state index contributed by atoms with van der Waals surface area (Å²) >= 11 is 1.77. The average Bonchev–Trinajstić information content (AvgIpc) is 2.46. The Bertz CT molecular complexity index is 412. The van der Waals surface area contributed by atoms with Gasteiger partial charge in [0.15, 0.2) is 0 Å². The predicted octanol–water partition coefficient (Wildman–Crippen LogP) is 2.06. The number of hydrogen-bond acceptors (Lipinski definition) is 4. The van der Waals surface area contributed by atoms with E-state index >= 15 is 0 Å². The summed E-state index contributed by atoms with van der Waals surface area (Å²) < 4.78 is 0. The topological polar surface area (TPSA) is 71.1 Å². The van der Waals surface area contributed by atoms with Gasteiger partial charge in [-0.25, -0.2) is 0 Å². The lowest BCUT2D eigenvalue weighted by atomic mass is 10.4. The van der Waals surface area contributed by atoms with E-state index in [4.69, 9.17) is 0 Å². The lowest BCUT2D eigenvalue weighted by molar-refractivity contribution is -0.123. The fourth-order valence-corrected chi connectivity index (χ4v) is 2.45. The minimum Gasteiger partial charge on any atom is -0.347 e. The maximum Gasteiger partial charge on any atom is 0.243 e. The molecule has 0 radical (unpaired) electrons. The molecule has 2 amide bonds. The first kappa shape index (κ1) is 16.5. The van der Waals surface area contributed by atoms with Gasteiger partial charge in [-0.2, -0.15) is 11.8 Å². The number of nitrogens with one attached hydrogen (secondary N) is 2. The number of hydrogen-bond donors (Lipinski definition) is 2. The van der Waals surface area contributed by atoms with Crippen molar-refractivity contribution in [1.82, 2.24) is 10.3 Å². The molecule has 5 nitrogen and oxygen atoms in total. The van der Waals surface area contributed by atoms with Gasteiger partial charge in [-0.1, -0.05) is 13.3 Å². The first-order valence-corrected chi connectivity index (χ1v) is 7.92. The molecule has 6 heteroatoms.